The van der Waals surface area contributed by atoms with Crippen molar-refractivity contribution in [3.8, 4) is 5.75 Å². The molecule has 0 spiro atoms. The second-order valence-electron chi connectivity index (χ2n) is 5.04. The molecule has 1 amide bonds. The van der Waals surface area contributed by atoms with E-state index in [0.717, 1.165) is 11.3 Å². The maximum absolute atomic E-state index is 12.0. The van der Waals surface area contributed by atoms with Gasteiger partial charge in [-0.3, -0.25) is 9.78 Å². The van der Waals surface area contributed by atoms with Gasteiger partial charge in [-0.15, -0.1) is 0 Å². The molecular formula is C18H20N2O2. The Balaban J connectivity index is 1.76. The topological polar surface area (TPSA) is 42.4 Å². The molecule has 22 heavy (non-hydrogen) atoms. The van der Waals surface area contributed by atoms with Crippen LogP contribution in [0, 0.1) is 6.92 Å². The zero-order valence-electron chi connectivity index (χ0n) is 12.9. The lowest BCUT2D eigenvalue weighted by atomic mass is 10.2. The Morgan fingerprint density at radius 1 is 1.18 bits per heavy atom. The Morgan fingerprint density at radius 2 is 1.86 bits per heavy atom. The van der Waals surface area contributed by atoms with E-state index < -0.39 is 0 Å². The fraction of sp³-hybridized carbons (Fsp3) is 0.222. The number of pyridine rings is 1. The molecule has 2 aromatic rings. The third-order valence-corrected chi connectivity index (χ3v) is 3.22. The molecule has 1 aromatic carbocycles. The summed E-state index contributed by atoms with van der Waals surface area (Å²) in [6, 6.07) is 11.6. The lowest BCUT2D eigenvalue weighted by Gasteiger charge is -2.15. The van der Waals surface area contributed by atoms with Crippen molar-refractivity contribution in [1.82, 2.24) is 9.88 Å². The Kier molecular flexibility index (Phi) is 5.72. The van der Waals surface area contributed by atoms with E-state index in [1.54, 1.807) is 36.5 Å². The number of carbonyl (C=O) groups excluding carboxylic acids is 1. The molecule has 0 fully saturated rings. The number of hydrogen-bond acceptors (Lipinski definition) is 3. The third-order valence-electron chi connectivity index (χ3n) is 3.22. The van der Waals surface area contributed by atoms with Gasteiger partial charge in [0.15, 0.2) is 0 Å². The van der Waals surface area contributed by atoms with Gasteiger partial charge in [0.25, 0.3) is 0 Å². The van der Waals surface area contributed by atoms with Crippen LogP contribution in [-0.4, -0.2) is 36.0 Å². The summed E-state index contributed by atoms with van der Waals surface area (Å²) in [6.07, 6.45) is 6.73. The van der Waals surface area contributed by atoms with E-state index in [9.17, 15) is 4.79 Å². The first-order valence-corrected chi connectivity index (χ1v) is 7.18. The van der Waals surface area contributed by atoms with Gasteiger partial charge in [0.05, 0.1) is 6.54 Å². The van der Waals surface area contributed by atoms with E-state index in [2.05, 4.69) is 4.98 Å². The lowest BCUT2D eigenvalue weighted by molar-refractivity contribution is -0.125. The largest absolute Gasteiger partial charge is 0.492 e. The van der Waals surface area contributed by atoms with Gasteiger partial charge >= 0.3 is 0 Å². The molecule has 4 heteroatoms. The fourth-order valence-corrected chi connectivity index (χ4v) is 1.81. The molecule has 0 bridgehead atoms. The molecule has 114 valence electrons. The maximum atomic E-state index is 12.0. The second-order valence-corrected chi connectivity index (χ2v) is 5.04. The monoisotopic (exact) mass is 296 g/mol. The van der Waals surface area contributed by atoms with E-state index in [1.165, 1.54) is 5.56 Å². The quantitative estimate of drug-likeness (QED) is 0.770. The molecule has 0 radical (unpaired) electrons. The summed E-state index contributed by atoms with van der Waals surface area (Å²) in [5.41, 5.74) is 2.15. The summed E-state index contributed by atoms with van der Waals surface area (Å²) in [6.45, 7) is 3.03. The summed E-state index contributed by atoms with van der Waals surface area (Å²) in [5, 5.41) is 0. The normalized spacial score (nSPS) is 10.6. The predicted molar refractivity (Wildman–Crippen MR) is 87.6 cm³/mol. The molecule has 1 heterocycles. The van der Waals surface area contributed by atoms with Gasteiger partial charge in [0, 0.05) is 25.5 Å². The molecule has 0 aliphatic carbocycles. The molecule has 0 aliphatic heterocycles. The Hall–Kier alpha value is -2.62. The van der Waals surface area contributed by atoms with Gasteiger partial charge in [-0.05, 0) is 42.8 Å². The highest BCUT2D eigenvalue weighted by molar-refractivity contribution is 5.91. The molecule has 0 saturated carbocycles. The van der Waals surface area contributed by atoms with Crippen molar-refractivity contribution < 1.29 is 9.53 Å². The van der Waals surface area contributed by atoms with Crippen LogP contribution in [0.5, 0.6) is 5.75 Å². The number of hydrogen-bond donors (Lipinski definition) is 0. The molecular weight excluding hydrogens is 276 g/mol. The zero-order valence-corrected chi connectivity index (χ0v) is 12.9. The Morgan fingerprint density at radius 3 is 2.55 bits per heavy atom. The molecule has 0 atom stereocenters. The van der Waals surface area contributed by atoms with Crippen LogP contribution in [0.25, 0.3) is 6.08 Å². The van der Waals surface area contributed by atoms with Gasteiger partial charge in [-0.1, -0.05) is 17.7 Å². The number of aromatic nitrogens is 1. The summed E-state index contributed by atoms with van der Waals surface area (Å²) < 4.78 is 5.62. The Labute approximate surface area is 131 Å². The van der Waals surface area contributed by atoms with Gasteiger partial charge < -0.3 is 9.64 Å². The number of amides is 1. The first-order chi connectivity index (χ1) is 10.6. The number of benzene rings is 1. The van der Waals surface area contributed by atoms with Crippen LogP contribution in [0.3, 0.4) is 0 Å². The first kappa shape index (κ1) is 15.8. The van der Waals surface area contributed by atoms with Crippen molar-refractivity contribution in [3.63, 3.8) is 0 Å². The maximum Gasteiger partial charge on any atom is 0.246 e. The van der Waals surface area contributed by atoms with Gasteiger partial charge in [-0.25, -0.2) is 0 Å². The summed E-state index contributed by atoms with van der Waals surface area (Å²) in [7, 11) is 1.76. The van der Waals surface area contributed by atoms with Gasteiger partial charge in [0.2, 0.25) is 5.91 Å². The average Bonchev–Trinajstić information content (AvgIpc) is 2.55. The van der Waals surface area contributed by atoms with Crippen LogP contribution in [0.2, 0.25) is 0 Å². The number of carbonyl (C=O) groups is 1. The van der Waals surface area contributed by atoms with Crippen molar-refractivity contribution in [2.75, 3.05) is 20.2 Å². The number of ether oxygens (including phenoxy) is 1. The van der Waals surface area contributed by atoms with E-state index in [0.29, 0.717) is 13.2 Å². The minimum absolute atomic E-state index is 0.0516. The lowest BCUT2D eigenvalue weighted by Crippen LogP contribution is -2.29. The van der Waals surface area contributed by atoms with Gasteiger partial charge in [-0.2, -0.15) is 0 Å². The van der Waals surface area contributed by atoms with Crippen LogP contribution >= 0.6 is 0 Å². The third kappa shape index (κ3) is 5.05. The SMILES string of the molecule is Cc1ccc(OCCN(C)C(=O)/C=C/c2ccncc2)cc1. The average molecular weight is 296 g/mol. The fourth-order valence-electron chi connectivity index (χ4n) is 1.81. The number of aryl methyl sites for hydroxylation is 1. The van der Waals surface area contributed by atoms with Crippen LogP contribution in [0.4, 0.5) is 0 Å². The highest BCUT2D eigenvalue weighted by Crippen LogP contribution is 2.11. The highest BCUT2D eigenvalue weighted by atomic mass is 16.5. The first-order valence-electron chi connectivity index (χ1n) is 7.18. The molecule has 0 aliphatic rings. The second kappa shape index (κ2) is 7.98. The van der Waals surface area contributed by atoms with E-state index in [4.69, 9.17) is 4.74 Å². The van der Waals surface area contributed by atoms with E-state index >= 15 is 0 Å². The molecule has 0 saturated heterocycles. The van der Waals surface area contributed by atoms with Crippen LogP contribution in [0.15, 0.2) is 54.9 Å². The summed E-state index contributed by atoms with van der Waals surface area (Å²) in [5.74, 6) is 0.767. The number of nitrogens with zero attached hydrogens (tertiary/aromatic N) is 2. The summed E-state index contributed by atoms with van der Waals surface area (Å²) >= 11 is 0. The smallest absolute Gasteiger partial charge is 0.246 e. The van der Waals surface area contributed by atoms with Crippen molar-refractivity contribution in [3.05, 3.63) is 66.0 Å². The molecule has 1 aromatic heterocycles. The van der Waals surface area contributed by atoms with Gasteiger partial charge in [0.1, 0.15) is 12.4 Å². The zero-order chi connectivity index (χ0) is 15.8. The van der Waals surface area contributed by atoms with Crippen molar-refractivity contribution in [1.29, 1.82) is 0 Å². The predicted octanol–water partition coefficient (Wildman–Crippen LogP) is 2.94. The van der Waals surface area contributed by atoms with Crippen molar-refractivity contribution in [2.24, 2.45) is 0 Å². The van der Waals surface area contributed by atoms with Crippen molar-refractivity contribution in [2.45, 2.75) is 6.92 Å². The minimum atomic E-state index is -0.0516. The standard InChI is InChI=1S/C18H20N2O2/c1-15-3-6-17(7-4-15)22-14-13-20(2)18(21)8-5-16-9-11-19-12-10-16/h3-12H,13-14H2,1-2H3/b8-5+. The number of likely N-dealkylation sites (N-methyl/N-ethyl adjacent to an activating group) is 1. The van der Waals surface area contributed by atoms with Crippen molar-refractivity contribution >= 4 is 12.0 Å². The van der Waals surface area contributed by atoms with Crippen LogP contribution < -0.4 is 4.74 Å². The Bertz CT molecular complexity index is 621. The van der Waals surface area contributed by atoms with E-state index in [-0.39, 0.29) is 5.91 Å². The minimum Gasteiger partial charge on any atom is -0.492 e. The molecule has 0 N–H and O–H groups in total. The van der Waals surface area contributed by atoms with Crippen LogP contribution in [-0.2, 0) is 4.79 Å². The highest BCUT2D eigenvalue weighted by Gasteiger charge is 2.04. The summed E-state index contributed by atoms with van der Waals surface area (Å²) in [4.78, 5) is 17.5. The molecule has 4 nitrogen and oxygen atoms in total. The van der Waals surface area contributed by atoms with Crippen LogP contribution in [0.1, 0.15) is 11.1 Å². The van der Waals surface area contributed by atoms with E-state index in [1.807, 2.05) is 43.3 Å². The number of rotatable bonds is 6. The molecule has 0 unspecified atom stereocenters. The molecule has 2 rings (SSSR count).